The SMILES string of the molecule is CCC1CN(S(=O)(=O)c2cnn(C)c2)CCC1O. The Labute approximate surface area is 107 Å². The van der Waals surface area contributed by atoms with E-state index in [0.717, 1.165) is 6.42 Å². The van der Waals surface area contributed by atoms with Crippen LogP contribution in [0.25, 0.3) is 0 Å². The lowest BCUT2D eigenvalue weighted by Crippen LogP contribution is -2.45. The van der Waals surface area contributed by atoms with Crippen molar-refractivity contribution in [2.45, 2.75) is 30.8 Å². The van der Waals surface area contributed by atoms with E-state index in [9.17, 15) is 13.5 Å². The second kappa shape index (κ2) is 4.99. The normalized spacial score (nSPS) is 26.4. The zero-order valence-electron chi connectivity index (χ0n) is 10.7. The number of aliphatic hydroxyl groups excluding tert-OH is 1. The van der Waals surface area contributed by atoms with Crippen molar-refractivity contribution >= 4 is 10.0 Å². The highest BCUT2D eigenvalue weighted by atomic mass is 32.2. The fraction of sp³-hybridized carbons (Fsp3) is 0.727. The van der Waals surface area contributed by atoms with Crippen LogP contribution in [-0.4, -0.2) is 46.8 Å². The molecule has 2 heterocycles. The third kappa shape index (κ3) is 2.43. The number of piperidine rings is 1. The molecular formula is C11H19N3O3S. The molecule has 1 N–H and O–H groups in total. The maximum Gasteiger partial charge on any atom is 0.246 e. The first-order chi connectivity index (χ1) is 8.45. The largest absolute Gasteiger partial charge is 0.393 e. The Morgan fingerprint density at radius 2 is 2.28 bits per heavy atom. The van der Waals surface area contributed by atoms with Gasteiger partial charge in [0.1, 0.15) is 4.90 Å². The summed E-state index contributed by atoms with van der Waals surface area (Å²) >= 11 is 0. The van der Waals surface area contributed by atoms with Gasteiger partial charge < -0.3 is 5.11 Å². The van der Waals surface area contributed by atoms with Gasteiger partial charge in [-0.2, -0.15) is 9.40 Å². The van der Waals surface area contributed by atoms with E-state index >= 15 is 0 Å². The molecule has 1 aromatic rings. The van der Waals surface area contributed by atoms with Crippen LogP contribution >= 0.6 is 0 Å². The number of aromatic nitrogens is 2. The highest BCUT2D eigenvalue weighted by molar-refractivity contribution is 7.89. The summed E-state index contributed by atoms with van der Waals surface area (Å²) in [5.41, 5.74) is 0. The van der Waals surface area contributed by atoms with E-state index in [0.29, 0.717) is 19.5 Å². The summed E-state index contributed by atoms with van der Waals surface area (Å²) in [6.07, 6.45) is 3.75. The zero-order valence-corrected chi connectivity index (χ0v) is 11.5. The molecule has 0 bridgehead atoms. The molecule has 2 unspecified atom stereocenters. The third-order valence-corrected chi connectivity index (χ3v) is 5.32. The first-order valence-corrected chi connectivity index (χ1v) is 7.56. The molecule has 0 aliphatic carbocycles. The van der Waals surface area contributed by atoms with Gasteiger partial charge in [0.05, 0.1) is 12.3 Å². The molecule has 1 fully saturated rings. The summed E-state index contributed by atoms with van der Waals surface area (Å²) in [6.45, 7) is 2.72. The van der Waals surface area contributed by atoms with Gasteiger partial charge in [-0.15, -0.1) is 0 Å². The smallest absolute Gasteiger partial charge is 0.246 e. The standard InChI is InChI=1S/C11H19N3O3S/c1-3-9-7-14(5-4-11(9)15)18(16,17)10-6-12-13(2)8-10/h6,8-9,11,15H,3-5,7H2,1-2H3. The monoisotopic (exact) mass is 273 g/mol. The van der Waals surface area contributed by atoms with Gasteiger partial charge in [-0.05, 0) is 18.8 Å². The second-order valence-electron chi connectivity index (χ2n) is 4.74. The van der Waals surface area contributed by atoms with Crippen LogP contribution in [0.3, 0.4) is 0 Å². The molecular weight excluding hydrogens is 254 g/mol. The van der Waals surface area contributed by atoms with E-state index in [2.05, 4.69) is 5.10 Å². The first-order valence-electron chi connectivity index (χ1n) is 6.12. The van der Waals surface area contributed by atoms with Gasteiger partial charge in [0.15, 0.2) is 0 Å². The summed E-state index contributed by atoms with van der Waals surface area (Å²) in [6, 6.07) is 0. The molecule has 0 amide bonds. The Kier molecular flexibility index (Phi) is 3.74. The maximum absolute atomic E-state index is 12.4. The van der Waals surface area contributed by atoms with Gasteiger partial charge in [-0.25, -0.2) is 8.42 Å². The molecule has 0 spiro atoms. The second-order valence-corrected chi connectivity index (χ2v) is 6.68. The minimum absolute atomic E-state index is 0.0187. The summed E-state index contributed by atoms with van der Waals surface area (Å²) in [7, 11) is -1.78. The highest BCUT2D eigenvalue weighted by Gasteiger charge is 2.34. The van der Waals surface area contributed by atoms with Crippen LogP contribution in [0, 0.1) is 5.92 Å². The van der Waals surface area contributed by atoms with Crippen LogP contribution in [0.4, 0.5) is 0 Å². The number of aryl methyl sites for hydroxylation is 1. The number of hydrogen-bond donors (Lipinski definition) is 1. The van der Waals surface area contributed by atoms with E-state index in [1.165, 1.54) is 21.4 Å². The van der Waals surface area contributed by atoms with E-state index in [4.69, 9.17) is 0 Å². The van der Waals surface area contributed by atoms with Crippen molar-refractivity contribution in [3.8, 4) is 0 Å². The molecule has 6 nitrogen and oxygen atoms in total. The molecule has 1 aromatic heterocycles. The topological polar surface area (TPSA) is 75.4 Å². The Morgan fingerprint density at radius 3 is 2.83 bits per heavy atom. The van der Waals surface area contributed by atoms with Crippen LogP contribution in [0.15, 0.2) is 17.3 Å². The van der Waals surface area contributed by atoms with Gasteiger partial charge in [0.2, 0.25) is 10.0 Å². The molecule has 0 radical (unpaired) electrons. The molecule has 2 atom stereocenters. The molecule has 102 valence electrons. The average Bonchev–Trinajstić information content (AvgIpc) is 2.77. The van der Waals surface area contributed by atoms with Crippen molar-refractivity contribution in [2.75, 3.05) is 13.1 Å². The number of nitrogens with zero attached hydrogens (tertiary/aromatic N) is 3. The molecule has 0 aromatic carbocycles. The van der Waals surface area contributed by atoms with Crippen LogP contribution in [0.1, 0.15) is 19.8 Å². The summed E-state index contributed by atoms with van der Waals surface area (Å²) in [5.74, 6) is 0.0187. The number of hydrogen-bond acceptors (Lipinski definition) is 4. The average molecular weight is 273 g/mol. The first kappa shape index (κ1) is 13.5. The molecule has 2 rings (SSSR count). The maximum atomic E-state index is 12.4. The molecule has 7 heteroatoms. The van der Waals surface area contributed by atoms with Gasteiger partial charge in [-0.1, -0.05) is 6.92 Å². The fourth-order valence-electron chi connectivity index (χ4n) is 2.29. The highest BCUT2D eigenvalue weighted by Crippen LogP contribution is 2.25. The van der Waals surface area contributed by atoms with Crippen LogP contribution < -0.4 is 0 Å². The fourth-order valence-corrected chi connectivity index (χ4v) is 3.78. The zero-order chi connectivity index (χ0) is 13.3. The van der Waals surface area contributed by atoms with Crippen LogP contribution in [0.2, 0.25) is 0 Å². The summed E-state index contributed by atoms with van der Waals surface area (Å²) in [5, 5.41) is 13.7. The molecule has 1 aliphatic heterocycles. The lowest BCUT2D eigenvalue weighted by atomic mass is 9.94. The van der Waals surface area contributed by atoms with Gasteiger partial charge in [-0.3, -0.25) is 4.68 Å². The lowest BCUT2D eigenvalue weighted by molar-refractivity contribution is 0.0521. The number of rotatable bonds is 3. The Hall–Kier alpha value is -0.920. The Balaban J connectivity index is 2.21. The van der Waals surface area contributed by atoms with Crippen molar-refractivity contribution in [3.63, 3.8) is 0 Å². The Bertz CT molecular complexity index is 511. The number of sulfonamides is 1. The lowest BCUT2D eigenvalue weighted by Gasteiger charge is -2.34. The predicted octanol–water partition coefficient (Wildman–Crippen LogP) is 0.202. The molecule has 1 saturated heterocycles. The minimum atomic E-state index is -3.47. The van der Waals surface area contributed by atoms with Crippen molar-refractivity contribution in [3.05, 3.63) is 12.4 Å². The van der Waals surface area contributed by atoms with Crippen molar-refractivity contribution in [1.82, 2.24) is 14.1 Å². The van der Waals surface area contributed by atoms with Crippen molar-refractivity contribution in [2.24, 2.45) is 13.0 Å². The van der Waals surface area contributed by atoms with E-state index in [-0.39, 0.29) is 10.8 Å². The third-order valence-electron chi connectivity index (χ3n) is 3.50. The molecule has 0 saturated carbocycles. The van der Waals surface area contributed by atoms with Crippen LogP contribution in [0.5, 0.6) is 0 Å². The summed E-state index contributed by atoms with van der Waals surface area (Å²) < 4.78 is 27.6. The molecule has 18 heavy (non-hydrogen) atoms. The minimum Gasteiger partial charge on any atom is -0.393 e. The van der Waals surface area contributed by atoms with Gasteiger partial charge in [0, 0.05) is 26.3 Å². The predicted molar refractivity (Wildman–Crippen MR) is 66.4 cm³/mol. The van der Waals surface area contributed by atoms with Crippen LogP contribution in [-0.2, 0) is 17.1 Å². The number of aliphatic hydroxyl groups is 1. The quantitative estimate of drug-likeness (QED) is 0.853. The molecule has 1 aliphatic rings. The van der Waals surface area contributed by atoms with E-state index in [1.54, 1.807) is 7.05 Å². The van der Waals surface area contributed by atoms with E-state index in [1.807, 2.05) is 6.92 Å². The Morgan fingerprint density at radius 1 is 1.56 bits per heavy atom. The van der Waals surface area contributed by atoms with Gasteiger partial charge in [0.25, 0.3) is 0 Å². The summed E-state index contributed by atoms with van der Waals surface area (Å²) in [4.78, 5) is 0.219. The van der Waals surface area contributed by atoms with Crippen molar-refractivity contribution < 1.29 is 13.5 Å². The van der Waals surface area contributed by atoms with Gasteiger partial charge >= 0.3 is 0 Å². The van der Waals surface area contributed by atoms with E-state index < -0.39 is 16.1 Å². The van der Waals surface area contributed by atoms with Crippen molar-refractivity contribution in [1.29, 1.82) is 0 Å².